The molecule has 3 aliphatic rings. The van der Waals surface area contributed by atoms with E-state index in [0.29, 0.717) is 24.5 Å². The largest absolute Gasteiger partial charge is 1.00 e. The van der Waals surface area contributed by atoms with Gasteiger partial charge in [-0.15, -0.1) is 0 Å². The van der Waals surface area contributed by atoms with Crippen molar-refractivity contribution >= 4 is 22.3 Å². The summed E-state index contributed by atoms with van der Waals surface area (Å²) in [6.07, 6.45) is 1.65. The van der Waals surface area contributed by atoms with Crippen LogP contribution in [-0.4, -0.2) is 72.7 Å². The van der Waals surface area contributed by atoms with Gasteiger partial charge in [0.15, 0.2) is 0 Å². The second-order valence-electron chi connectivity index (χ2n) is 5.71. The van der Waals surface area contributed by atoms with Gasteiger partial charge in [-0.25, -0.2) is 18.7 Å². The first-order chi connectivity index (χ1) is 10.8. The molecule has 3 fully saturated rings. The first kappa shape index (κ1) is 19.8. The van der Waals surface area contributed by atoms with Crippen molar-refractivity contribution in [2.75, 3.05) is 19.7 Å². The molecule has 3 heterocycles. The summed E-state index contributed by atoms with van der Waals surface area (Å²) in [5, 5.41) is 3.65. The molecule has 3 atom stereocenters. The maximum atomic E-state index is 12.1. The number of nitrogens with zero attached hydrogens (tertiary/aromatic N) is 2. The summed E-state index contributed by atoms with van der Waals surface area (Å²) in [7, 11) is -5.04. The van der Waals surface area contributed by atoms with Crippen molar-refractivity contribution in [3.05, 3.63) is 0 Å². The molecule has 13 heteroatoms. The van der Waals surface area contributed by atoms with Gasteiger partial charge in [0, 0.05) is 12.6 Å². The molecule has 0 radical (unpaired) electrons. The van der Waals surface area contributed by atoms with Crippen molar-refractivity contribution in [2.45, 2.75) is 37.4 Å². The van der Waals surface area contributed by atoms with Gasteiger partial charge in [0.25, 0.3) is 5.91 Å². The summed E-state index contributed by atoms with van der Waals surface area (Å²) in [6.45, 7) is 1.38. The number of nitrogens with one attached hydrogen (secondary N) is 2. The molecule has 3 saturated heterocycles. The Kier molecular flexibility index (Phi) is 6.47. The van der Waals surface area contributed by atoms with E-state index < -0.39 is 34.4 Å². The molecule has 0 spiro atoms. The Morgan fingerprint density at radius 2 is 2.08 bits per heavy atom. The van der Waals surface area contributed by atoms with Gasteiger partial charge in [0.1, 0.15) is 6.04 Å². The Labute approximate surface area is 161 Å². The fraction of sp³-hybridized carbons (Fsp3) is 0.818. The Hall–Kier alpha value is -0.470. The van der Waals surface area contributed by atoms with Crippen LogP contribution >= 0.6 is 0 Å². The van der Waals surface area contributed by atoms with E-state index >= 15 is 0 Å². The van der Waals surface area contributed by atoms with Gasteiger partial charge in [-0.3, -0.25) is 9.63 Å². The minimum atomic E-state index is -5.04. The topological polar surface area (TPSA) is 140 Å². The molecule has 0 unspecified atom stereocenters. The van der Waals surface area contributed by atoms with Crippen LogP contribution in [0.4, 0.5) is 4.79 Å². The number of fused-ring (bicyclic) bond motifs is 2. The molecule has 3 rings (SSSR count). The first-order valence-corrected chi connectivity index (χ1v) is 8.59. The standard InChI is InChI=1S/C11H18N4O7S.Na/c16-10(13-21-6-7-3-4-12-7)9-2-1-8-5-14(9)11(17)15(8)22-23(18,19)20;/h7-9,12H,1-6H2,(H,13,16)(H,18,19,20);/q;+1/p-1/t7-,8+,9-;/m0./s1. The molecule has 0 aliphatic carbocycles. The molecule has 2 bridgehead atoms. The van der Waals surface area contributed by atoms with E-state index in [0.717, 1.165) is 13.0 Å². The minimum absolute atomic E-state index is 0. The van der Waals surface area contributed by atoms with Crippen LogP contribution in [0, 0.1) is 0 Å². The van der Waals surface area contributed by atoms with Gasteiger partial charge in [0.05, 0.1) is 12.6 Å². The molecule has 0 aromatic carbocycles. The van der Waals surface area contributed by atoms with Gasteiger partial charge < -0.3 is 14.8 Å². The molecule has 0 aromatic heterocycles. The number of urea groups is 1. The van der Waals surface area contributed by atoms with E-state index in [1.165, 1.54) is 4.90 Å². The van der Waals surface area contributed by atoms with Crippen LogP contribution in [0.3, 0.4) is 0 Å². The van der Waals surface area contributed by atoms with Gasteiger partial charge in [-0.05, 0) is 25.8 Å². The zero-order valence-corrected chi connectivity index (χ0v) is 16.0. The molecule has 3 amide bonds. The Morgan fingerprint density at radius 1 is 1.38 bits per heavy atom. The van der Waals surface area contributed by atoms with Crippen LogP contribution in [0.1, 0.15) is 19.3 Å². The van der Waals surface area contributed by atoms with Crippen molar-refractivity contribution in [3.63, 3.8) is 0 Å². The minimum Gasteiger partial charge on any atom is -0.724 e. The monoisotopic (exact) mass is 372 g/mol. The number of amides is 3. The van der Waals surface area contributed by atoms with Gasteiger partial charge in [0.2, 0.25) is 10.4 Å². The summed E-state index contributed by atoms with van der Waals surface area (Å²) in [5.74, 6) is -0.483. The average molecular weight is 372 g/mol. The Bertz CT molecular complexity index is 599. The maximum Gasteiger partial charge on any atom is 1.00 e. The van der Waals surface area contributed by atoms with Crippen molar-refractivity contribution in [2.24, 2.45) is 0 Å². The third-order valence-electron chi connectivity index (χ3n) is 4.18. The molecule has 11 nitrogen and oxygen atoms in total. The van der Waals surface area contributed by atoms with Crippen LogP contribution in [0.2, 0.25) is 0 Å². The summed E-state index contributed by atoms with van der Waals surface area (Å²) in [6, 6.07) is -1.94. The zero-order valence-electron chi connectivity index (χ0n) is 13.1. The van der Waals surface area contributed by atoms with Crippen LogP contribution in [0.15, 0.2) is 0 Å². The van der Waals surface area contributed by atoms with Crippen molar-refractivity contribution in [1.82, 2.24) is 20.8 Å². The molecule has 24 heavy (non-hydrogen) atoms. The predicted molar refractivity (Wildman–Crippen MR) is 72.0 cm³/mol. The summed E-state index contributed by atoms with van der Waals surface area (Å²) in [5.41, 5.74) is 2.31. The number of hydrogen-bond acceptors (Lipinski definition) is 8. The predicted octanol–water partition coefficient (Wildman–Crippen LogP) is -4.94. The van der Waals surface area contributed by atoms with Crippen LogP contribution in [-0.2, 0) is 24.3 Å². The number of hydrogen-bond donors (Lipinski definition) is 2. The molecule has 3 aliphatic heterocycles. The average Bonchev–Trinajstić information content (AvgIpc) is 2.65. The number of piperidine rings is 1. The second-order valence-corrected chi connectivity index (χ2v) is 6.67. The molecule has 130 valence electrons. The summed E-state index contributed by atoms with van der Waals surface area (Å²) < 4.78 is 36.2. The molecular formula is C11H17N4NaO7S. The molecular weight excluding hydrogens is 355 g/mol. The van der Waals surface area contributed by atoms with Crippen molar-refractivity contribution < 1.29 is 61.2 Å². The van der Waals surface area contributed by atoms with E-state index in [1.54, 1.807) is 0 Å². The molecule has 2 N–H and O–H groups in total. The number of hydroxylamine groups is 3. The summed E-state index contributed by atoms with van der Waals surface area (Å²) in [4.78, 5) is 30.5. The number of rotatable bonds is 6. The summed E-state index contributed by atoms with van der Waals surface area (Å²) >= 11 is 0. The molecule has 0 saturated carbocycles. The van der Waals surface area contributed by atoms with Crippen molar-refractivity contribution in [1.29, 1.82) is 0 Å². The smallest absolute Gasteiger partial charge is 0.724 e. The second kappa shape index (κ2) is 7.83. The van der Waals surface area contributed by atoms with Crippen LogP contribution in [0.5, 0.6) is 0 Å². The van der Waals surface area contributed by atoms with E-state index in [9.17, 15) is 22.6 Å². The molecule has 0 aromatic rings. The third kappa shape index (κ3) is 4.38. The van der Waals surface area contributed by atoms with E-state index in [-0.39, 0.29) is 42.1 Å². The third-order valence-corrected chi connectivity index (χ3v) is 4.52. The maximum absolute atomic E-state index is 12.1. The fourth-order valence-corrected chi connectivity index (χ4v) is 3.26. The van der Waals surface area contributed by atoms with Gasteiger partial charge in [-0.1, -0.05) is 0 Å². The quantitative estimate of drug-likeness (QED) is 0.205. The van der Waals surface area contributed by atoms with E-state index in [4.69, 9.17) is 4.84 Å². The SMILES string of the molecule is O=C(NOC[C@@H]1CCN1)[C@@H]1CC[C@@H]2CN1C(=O)N2OS(=O)(=O)[O-].[Na+]. The normalized spacial score (nSPS) is 29.0. The number of carbonyl (C=O) groups excluding carboxylic acids is 2. The van der Waals surface area contributed by atoms with E-state index in [2.05, 4.69) is 15.1 Å². The van der Waals surface area contributed by atoms with Gasteiger partial charge in [-0.2, -0.15) is 9.35 Å². The zero-order chi connectivity index (χ0) is 16.6. The Morgan fingerprint density at radius 3 is 2.67 bits per heavy atom. The van der Waals surface area contributed by atoms with Crippen molar-refractivity contribution in [3.8, 4) is 0 Å². The Balaban J connectivity index is 0.00000208. The van der Waals surface area contributed by atoms with Gasteiger partial charge >= 0.3 is 35.6 Å². The van der Waals surface area contributed by atoms with E-state index in [1.807, 2.05) is 0 Å². The van der Waals surface area contributed by atoms with Crippen LogP contribution < -0.4 is 40.4 Å². The fourth-order valence-electron chi connectivity index (χ4n) is 2.87. The number of carbonyl (C=O) groups is 2. The first-order valence-electron chi connectivity index (χ1n) is 7.25. The van der Waals surface area contributed by atoms with Crippen LogP contribution in [0.25, 0.3) is 0 Å².